The number of benzene rings is 2. The summed E-state index contributed by atoms with van der Waals surface area (Å²) in [6.07, 6.45) is 1.88. The molecule has 0 unspecified atom stereocenters. The molecule has 0 aliphatic rings. The monoisotopic (exact) mass is 412 g/mol. The van der Waals surface area contributed by atoms with E-state index in [0.717, 1.165) is 33.6 Å². The number of hydrogen-bond donors (Lipinski definition) is 2. The van der Waals surface area contributed by atoms with E-state index in [0.29, 0.717) is 5.75 Å². The molecule has 0 bridgehead atoms. The highest BCUT2D eigenvalue weighted by molar-refractivity contribution is 8.01. The summed E-state index contributed by atoms with van der Waals surface area (Å²) in [5.41, 5.74) is 3.46. The van der Waals surface area contributed by atoms with Crippen LogP contribution in [-0.2, 0) is 11.2 Å². The van der Waals surface area contributed by atoms with Crippen molar-refractivity contribution in [1.29, 1.82) is 0 Å². The van der Waals surface area contributed by atoms with E-state index in [-0.39, 0.29) is 11.9 Å². The molecule has 2 N–H and O–H groups in total. The molecule has 28 heavy (non-hydrogen) atoms. The highest BCUT2D eigenvalue weighted by atomic mass is 32.2. The van der Waals surface area contributed by atoms with Gasteiger partial charge in [-0.15, -0.1) is 10.2 Å². The van der Waals surface area contributed by atoms with E-state index < -0.39 is 0 Å². The van der Waals surface area contributed by atoms with Crippen molar-refractivity contribution in [1.82, 2.24) is 15.5 Å². The van der Waals surface area contributed by atoms with Gasteiger partial charge in [0.05, 0.1) is 5.75 Å². The molecule has 0 aliphatic heterocycles. The van der Waals surface area contributed by atoms with E-state index in [9.17, 15) is 4.79 Å². The summed E-state index contributed by atoms with van der Waals surface area (Å²) in [5, 5.41) is 15.4. The van der Waals surface area contributed by atoms with Crippen LogP contribution in [0.2, 0.25) is 0 Å². The molecule has 146 valence electrons. The number of carbonyl (C=O) groups is 1. The van der Waals surface area contributed by atoms with Crippen molar-refractivity contribution < 1.29 is 4.79 Å². The maximum absolute atomic E-state index is 12.2. The van der Waals surface area contributed by atoms with Gasteiger partial charge in [-0.25, -0.2) is 0 Å². The third-order valence-electron chi connectivity index (χ3n) is 4.24. The van der Waals surface area contributed by atoms with Gasteiger partial charge in [0.15, 0.2) is 4.34 Å². The van der Waals surface area contributed by atoms with Crippen LogP contribution in [0.25, 0.3) is 0 Å². The Kier molecular flexibility index (Phi) is 7.45. The van der Waals surface area contributed by atoms with E-state index in [1.165, 1.54) is 28.7 Å². The minimum absolute atomic E-state index is 0.0224. The smallest absolute Gasteiger partial charge is 0.230 e. The van der Waals surface area contributed by atoms with Crippen molar-refractivity contribution in [2.75, 3.05) is 11.1 Å². The highest BCUT2D eigenvalue weighted by Crippen LogP contribution is 2.28. The highest BCUT2D eigenvalue weighted by Gasteiger charge is 2.11. The topological polar surface area (TPSA) is 66.9 Å². The Bertz CT molecular complexity index is 898. The first-order chi connectivity index (χ1) is 13.6. The Labute approximate surface area is 174 Å². The molecule has 1 heterocycles. The van der Waals surface area contributed by atoms with E-state index in [1.807, 2.05) is 56.3 Å². The average molecular weight is 413 g/mol. The zero-order valence-electron chi connectivity index (χ0n) is 16.0. The lowest BCUT2D eigenvalue weighted by molar-refractivity contribution is -0.119. The molecule has 5 nitrogen and oxygen atoms in total. The summed E-state index contributed by atoms with van der Waals surface area (Å²) in [6.45, 7) is 4.09. The van der Waals surface area contributed by atoms with Crippen LogP contribution in [0, 0.1) is 6.92 Å². The second-order valence-corrected chi connectivity index (χ2v) is 8.79. The summed E-state index contributed by atoms with van der Waals surface area (Å²) in [6, 6.07) is 18.5. The lowest BCUT2D eigenvalue weighted by Crippen LogP contribution is -2.34. The molecule has 0 fully saturated rings. The minimum Gasteiger partial charge on any atom is -0.353 e. The van der Waals surface area contributed by atoms with Crippen LogP contribution < -0.4 is 10.6 Å². The molecule has 2 aromatic carbocycles. The number of amides is 1. The molecule has 7 heteroatoms. The van der Waals surface area contributed by atoms with Crippen molar-refractivity contribution in [3.63, 3.8) is 0 Å². The Morgan fingerprint density at radius 3 is 2.64 bits per heavy atom. The molecule has 0 saturated carbocycles. The van der Waals surface area contributed by atoms with Crippen LogP contribution in [0.4, 0.5) is 10.8 Å². The second-order valence-electron chi connectivity index (χ2n) is 6.59. The zero-order chi connectivity index (χ0) is 19.8. The van der Waals surface area contributed by atoms with Gasteiger partial charge in [0.2, 0.25) is 11.0 Å². The van der Waals surface area contributed by atoms with Gasteiger partial charge in [-0.05, 0) is 43.9 Å². The van der Waals surface area contributed by atoms with E-state index >= 15 is 0 Å². The lowest BCUT2D eigenvalue weighted by Gasteiger charge is -2.13. The summed E-state index contributed by atoms with van der Waals surface area (Å²) < 4.78 is 0.781. The first-order valence-electron chi connectivity index (χ1n) is 9.22. The fourth-order valence-electron chi connectivity index (χ4n) is 2.69. The predicted octanol–water partition coefficient (Wildman–Crippen LogP) is 4.82. The third kappa shape index (κ3) is 6.35. The molecular weight excluding hydrogens is 388 g/mol. The molecule has 3 aromatic rings. The van der Waals surface area contributed by atoms with E-state index in [1.54, 1.807) is 0 Å². The van der Waals surface area contributed by atoms with Gasteiger partial charge in [-0.3, -0.25) is 4.79 Å². The number of hydrogen-bond acceptors (Lipinski definition) is 6. The second kappa shape index (κ2) is 10.2. The molecule has 0 spiro atoms. The van der Waals surface area contributed by atoms with Crippen molar-refractivity contribution in [2.45, 2.75) is 37.1 Å². The first-order valence-corrected chi connectivity index (χ1v) is 11.0. The van der Waals surface area contributed by atoms with Crippen LogP contribution >= 0.6 is 23.1 Å². The quantitative estimate of drug-likeness (QED) is 0.493. The number of nitrogens with zero attached hydrogens (tertiary/aromatic N) is 2. The van der Waals surface area contributed by atoms with Crippen molar-refractivity contribution in [3.8, 4) is 0 Å². The number of thioether (sulfide) groups is 1. The number of aryl methyl sites for hydroxylation is 2. The number of anilines is 2. The average Bonchev–Trinajstić information content (AvgIpc) is 3.15. The SMILES string of the molecule is Cc1ccccc1Nc1nnc(SCC(=O)N[C@@H](C)CCc2ccccc2)s1. The van der Waals surface area contributed by atoms with Crippen LogP contribution in [0.1, 0.15) is 24.5 Å². The summed E-state index contributed by atoms with van der Waals surface area (Å²) >= 11 is 2.87. The van der Waals surface area contributed by atoms with E-state index in [4.69, 9.17) is 0 Å². The third-order valence-corrected chi connectivity index (χ3v) is 6.21. The first kappa shape index (κ1) is 20.4. The molecule has 1 atom stereocenters. The van der Waals surface area contributed by atoms with Crippen LogP contribution in [0.15, 0.2) is 58.9 Å². The summed E-state index contributed by atoms with van der Waals surface area (Å²) in [4.78, 5) is 12.2. The molecule has 3 rings (SSSR count). The maximum atomic E-state index is 12.2. The van der Waals surface area contributed by atoms with Crippen LogP contribution in [0.5, 0.6) is 0 Å². The van der Waals surface area contributed by atoms with Crippen molar-refractivity contribution >= 4 is 39.8 Å². The number of nitrogens with one attached hydrogen (secondary N) is 2. The van der Waals surface area contributed by atoms with Gasteiger partial charge in [-0.2, -0.15) is 0 Å². The number of para-hydroxylation sites is 1. The maximum Gasteiger partial charge on any atom is 0.230 e. The van der Waals surface area contributed by atoms with Gasteiger partial charge >= 0.3 is 0 Å². The molecular formula is C21H24N4OS2. The minimum atomic E-state index is 0.0224. The number of rotatable bonds is 9. The fourth-order valence-corrected chi connectivity index (χ4v) is 4.27. The van der Waals surface area contributed by atoms with Crippen LogP contribution in [-0.4, -0.2) is 27.9 Å². The molecule has 0 aliphatic carbocycles. The van der Waals surface area contributed by atoms with Gasteiger partial charge in [-0.1, -0.05) is 71.6 Å². The molecule has 0 radical (unpaired) electrons. The van der Waals surface area contributed by atoms with Gasteiger partial charge in [0.1, 0.15) is 0 Å². The fraction of sp³-hybridized carbons (Fsp3) is 0.286. The van der Waals surface area contributed by atoms with Gasteiger partial charge < -0.3 is 10.6 Å². The summed E-state index contributed by atoms with van der Waals surface area (Å²) in [7, 11) is 0. The molecule has 1 amide bonds. The van der Waals surface area contributed by atoms with Crippen molar-refractivity contribution in [3.05, 3.63) is 65.7 Å². The van der Waals surface area contributed by atoms with E-state index in [2.05, 4.69) is 33.0 Å². The zero-order valence-corrected chi connectivity index (χ0v) is 17.6. The molecule has 1 aromatic heterocycles. The Hall–Kier alpha value is -2.38. The summed E-state index contributed by atoms with van der Waals surface area (Å²) in [5.74, 6) is 0.364. The predicted molar refractivity (Wildman–Crippen MR) is 117 cm³/mol. The van der Waals surface area contributed by atoms with Gasteiger partial charge in [0, 0.05) is 11.7 Å². The number of carbonyl (C=O) groups excluding carboxylic acids is 1. The normalized spacial score (nSPS) is 11.8. The number of aromatic nitrogens is 2. The van der Waals surface area contributed by atoms with Crippen molar-refractivity contribution in [2.24, 2.45) is 0 Å². The lowest BCUT2D eigenvalue weighted by atomic mass is 10.1. The standard InChI is InChI=1S/C21H24N4OS2/c1-15-8-6-7-11-18(15)23-20-24-25-21(28-20)27-14-19(26)22-16(2)12-13-17-9-4-3-5-10-17/h3-11,16H,12-14H2,1-2H3,(H,22,26)(H,23,24)/t16-/m0/s1. The Morgan fingerprint density at radius 2 is 1.86 bits per heavy atom. The largest absolute Gasteiger partial charge is 0.353 e. The molecule has 0 saturated heterocycles. The Morgan fingerprint density at radius 1 is 1.11 bits per heavy atom. The van der Waals surface area contributed by atoms with Gasteiger partial charge in [0.25, 0.3) is 0 Å². The Balaban J connectivity index is 1.41. The van der Waals surface area contributed by atoms with Crippen LogP contribution in [0.3, 0.4) is 0 Å².